The van der Waals surface area contributed by atoms with Crippen LogP contribution in [-0.2, 0) is 17.9 Å². The molecule has 0 unspecified atom stereocenters. The second-order valence-corrected chi connectivity index (χ2v) is 5.77. The van der Waals surface area contributed by atoms with Crippen molar-refractivity contribution in [2.45, 2.75) is 20.0 Å². The molecule has 5 heteroatoms. The quantitative estimate of drug-likeness (QED) is 0.730. The molecule has 0 spiro atoms. The maximum absolute atomic E-state index is 12.3. The Bertz CT molecular complexity index is 871. The second-order valence-electron chi connectivity index (χ2n) is 5.77. The van der Waals surface area contributed by atoms with Gasteiger partial charge in [-0.05, 0) is 36.8 Å². The zero-order valence-corrected chi connectivity index (χ0v) is 12.8. The summed E-state index contributed by atoms with van der Waals surface area (Å²) in [6.07, 6.45) is 1.61. The third-order valence-electron chi connectivity index (χ3n) is 3.99. The molecule has 0 aliphatic carbocycles. The van der Waals surface area contributed by atoms with Gasteiger partial charge >= 0.3 is 0 Å². The lowest BCUT2D eigenvalue weighted by atomic mass is 10.1. The SMILES string of the molecule is Cc1ccc2cc3c(nc2c1)OCC(=O)N(Cc1ccco1)C3. The van der Waals surface area contributed by atoms with Crippen LogP contribution in [-0.4, -0.2) is 22.4 Å². The smallest absolute Gasteiger partial charge is 0.261 e. The molecule has 0 fully saturated rings. The van der Waals surface area contributed by atoms with Crippen molar-refractivity contribution in [1.82, 2.24) is 9.88 Å². The minimum absolute atomic E-state index is 0.00195. The van der Waals surface area contributed by atoms with Gasteiger partial charge in [0.05, 0.1) is 24.9 Å². The predicted molar refractivity (Wildman–Crippen MR) is 84.9 cm³/mol. The third kappa shape index (κ3) is 2.65. The van der Waals surface area contributed by atoms with E-state index in [2.05, 4.69) is 11.1 Å². The van der Waals surface area contributed by atoms with Crippen molar-refractivity contribution in [1.29, 1.82) is 0 Å². The summed E-state index contributed by atoms with van der Waals surface area (Å²) in [6.45, 7) is 2.92. The van der Waals surface area contributed by atoms with Crippen LogP contribution in [0.1, 0.15) is 16.9 Å². The fraction of sp³-hybridized carbons (Fsp3) is 0.222. The number of carbonyl (C=O) groups is 1. The van der Waals surface area contributed by atoms with E-state index < -0.39 is 0 Å². The molecule has 0 radical (unpaired) electrons. The van der Waals surface area contributed by atoms with Crippen molar-refractivity contribution in [3.8, 4) is 5.88 Å². The second kappa shape index (κ2) is 5.43. The first-order valence-electron chi connectivity index (χ1n) is 7.52. The van der Waals surface area contributed by atoms with Gasteiger partial charge in [-0.1, -0.05) is 12.1 Å². The Labute approximate surface area is 133 Å². The van der Waals surface area contributed by atoms with Crippen molar-refractivity contribution in [3.63, 3.8) is 0 Å². The Morgan fingerprint density at radius 2 is 2.17 bits per heavy atom. The summed E-state index contributed by atoms with van der Waals surface area (Å²) in [5, 5.41) is 1.05. The number of aromatic nitrogens is 1. The molecule has 1 aliphatic heterocycles. The average molecular weight is 308 g/mol. The highest BCUT2D eigenvalue weighted by Crippen LogP contribution is 2.27. The molecule has 1 aliphatic rings. The summed E-state index contributed by atoms with van der Waals surface area (Å²) in [5.74, 6) is 1.23. The van der Waals surface area contributed by atoms with E-state index in [0.717, 1.165) is 27.8 Å². The van der Waals surface area contributed by atoms with Gasteiger partial charge in [0, 0.05) is 10.9 Å². The summed E-state index contributed by atoms with van der Waals surface area (Å²) < 4.78 is 11.0. The van der Waals surface area contributed by atoms with Crippen LogP contribution in [0.15, 0.2) is 47.1 Å². The number of hydrogen-bond acceptors (Lipinski definition) is 4. The predicted octanol–water partition coefficient (Wildman–Crippen LogP) is 3.06. The summed E-state index contributed by atoms with van der Waals surface area (Å²) in [7, 11) is 0. The van der Waals surface area contributed by atoms with E-state index in [-0.39, 0.29) is 12.5 Å². The zero-order valence-electron chi connectivity index (χ0n) is 12.8. The van der Waals surface area contributed by atoms with Crippen LogP contribution < -0.4 is 4.74 Å². The first-order chi connectivity index (χ1) is 11.2. The van der Waals surface area contributed by atoms with Crippen LogP contribution in [0.5, 0.6) is 5.88 Å². The lowest BCUT2D eigenvalue weighted by Gasteiger charge is -2.18. The summed E-state index contributed by atoms with van der Waals surface area (Å²) in [4.78, 5) is 18.6. The van der Waals surface area contributed by atoms with Gasteiger partial charge in [0.15, 0.2) is 6.61 Å². The lowest BCUT2D eigenvalue weighted by molar-refractivity contribution is -0.134. The molecule has 0 atom stereocenters. The molecular formula is C18H16N2O3. The van der Waals surface area contributed by atoms with Gasteiger partial charge in [0.25, 0.3) is 5.91 Å². The fourth-order valence-electron chi connectivity index (χ4n) is 2.79. The minimum atomic E-state index is -0.0698. The van der Waals surface area contributed by atoms with E-state index in [0.29, 0.717) is 19.0 Å². The van der Waals surface area contributed by atoms with Crippen LogP contribution >= 0.6 is 0 Å². The van der Waals surface area contributed by atoms with E-state index in [1.165, 1.54) is 0 Å². The van der Waals surface area contributed by atoms with Crippen molar-refractivity contribution in [3.05, 3.63) is 59.5 Å². The molecule has 0 saturated heterocycles. The molecule has 3 heterocycles. The molecule has 1 amide bonds. The number of carbonyl (C=O) groups excluding carboxylic acids is 1. The largest absolute Gasteiger partial charge is 0.467 e. The minimum Gasteiger partial charge on any atom is -0.467 e. The molecule has 1 aromatic carbocycles. The Balaban J connectivity index is 1.71. The first-order valence-corrected chi connectivity index (χ1v) is 7.52. The monoisotopic (exact) mass is 308 g/mol. The number of fused-ring (bicyclic) bond motifs is 2. The Morgan fingerprint density at radius 1 is 1.26 bits per heavy atom. The number of amides is 1. The molecule has 0 N–H and O–H groups in total. The van der Waals surface area contributed by atoms with Gasteiger partial charge in [-0.3, -0.25) is 4.79 Å². The molecule has 3 aromatic rings. The number of hydrogen-bond donors (Lipinski definition) is 0. The molecule has 116 valence electrons. The topological polar surface area (TPSA) is 55.6 Å². The Kier molecular flexibility index (Phi) is 3.26. The Morgan fingerprint density at radius 3 is 3.00 bits per heavy atom. The van der Waals surface area contributed by atoms with Crippen LogP contribution in [0.4, 0.5) is 0 Å². The maximum atomic E-state index is 12.3. The molecule has 0 bridgehead atoms. The highest BCUT2D eigenvalue weighted by atomic mass is 16.5. The molecular weight excluding hydrogens is 292 g/mol. The summed E-state index contributed by atoms with van der Waals surface area (Å²) in [6, 6.07) is 11.8. The molecule has 2 aromatic heterocycles. The van der Waals surface area contributed by atoms with Gasteiger partial charge in [-0.15, -0.1) is 0 Å². The number of benzene rings is 1. The third-order valence-corrected chi connectivity index (χ3v) is 3.99. The lowest BCUT2D eigenvalue weighted by Crippen LogP contribution is -2.31. The van der Waals surface area contributed by atoms with Crippen molar-refractivity contribution < 1.29 is 13.9 Å². The average Bonchev–Trinajstić information content (AvgIpc) is 3.00. The summed E-state index contributed by atoms with van der Waals surface area (Å²) >= 11 is 0. The van der Waals surface area contributed by atoms with Gasteiger partial charge in [0.2, 0.25) is 5.88 Å². The van der Waals surface area contributed by atoms with Crippen LogP contribution in [0, 0.1) is 6.92 Å². The standard InChI is InChI=1S/C18H16N2O3/c1-12-4-5-13-8-14-9-20(10-15-3-2-6-22-15)17(21)11-23-18(14)19-16(13)7-12/h2-8H,9-11H2,1H3. The van der Waals surface area contributed by atoms with Gasteiger partial charge < -0.3 is 14.1 Å². The number of aryl methyl sites for hydroxylation is 1. The number of rotatable bonds is 2. The number of furan rings is 1. The first kappa shape index (κ1) is 13.8. The fourth-order valence-corrected chi connectivity index (χ4v) is 2.79. The maximum Gasteiger partial charge on any atom is 0.261 e. The molecule has 23 heavy (non-hydrogen) atoms. The van der Waals surface area contributed by atoms with Crippen molar-refractivity contribution in [2.75, 3.05) is 6.61 Å². The number of ether oxygens (including phenoxy) is 1. The van der Waals surface area contributed by atoms with E-state index in [9.17, 15) is 4.79 Å². The normalized spacial score (nSPS) is 14.5. The van der Waals surface area contributed by atoms with Crippen molar-refractivity contribution in [2.24, 2.45) is 0 Å². The van der Waals surface area contributed by atoms with Crippen LogP contribution in [0.2, 0.25) is 0 Å². The van der Waals surface area contributed by atoms with Gasteiger partial charge in [-0.25, -0.2) is 4.98 Å². The Hall–Kier alpha value is -2.82. The zero-order chi connectivity index (χ0) is 15.8. The van der Waals surface area contributed by atoms with E-state index >= 15 is 0 Å². The molecule has 0 saturated carbocycles. The van der Waals surface area contributed by atoms with Crippen molar-refractivity contribution >= 4 is 16.8 Å². The number of pyridine rings is 1. The summed E-state index contributed by atoms with van der Waals surface area (Å²) in [5.41, 5.74) is 2.95. The number of nitrogens with zero attached hydrogens (tertiary/aromatic N) is 2. The van der Waals surface area contributed by atoms with E-state index in [1.807, 2.05) is 37.3 Å². The highest BCUT2D eigenvalue weighted by Gasteiger charge is 2.23. The van der Waals surface area contributed by atoms with Crippen LogP contribution in [0.3, 0.4) is 0 Å². The van der Waals surface area contributed by atoms with Crippen LogP contribution in [0.25, 0.3) is 10.9 Å². The molecule has 5 nitrogen and oxygen atoms in total. The highest BCUT2D eigenvalue weighted by molar-refractivity contribution is 5.82. The molecule has 4 rings (SSSR count). The van der Waals surface area contributed by atoms with Gasteiger partial charge in [-0.2, -0.15) is 0 Å². The van der Waals surface area contributed by atoms with E-state index in [1.54, 1.807) is 11.2 Å². The van der Waals surface area contributed by atoms with Gasteiger partial charge in [0.1, 0.15) is 5.76 Å². The van der Waals surface area contributed by atoms with E-state index in [4.69, 9.17) is 9.15 Å².